The molecule has 0 radical (unpaired) electrons. The smallest absolute Gasteiger partial charge is 0.322 e. The molecule has 1 aliphatic heterocycles. The molecule has 0 bridgehead atoms. The van der Waals surface area contributed by atoms with Gasteiger partial charge in [-0.1, -0.05) is 35.0 Å². The Balaban J connectivity index is 1.78. The van der Waals surface area contributed by atoms with Crippen LogP contribution >= 0.6 is 15.9 Å². The summed E-state index contributed by atoms with van der Waals surface area (Å²) in [5.74, 6) is -0.572. The van der Waals surface area contributed by atoms with Crippen molar-refractivity contribution in [3.05, 3.63) is 63.6 Å². The van der Waals surface area contributed by atoms with Gasteiger partial charge in [-0.3, -0.25) is 9.69 Å². The molecule has 2 aromatic carbocycles. The molecule has 8 heteroatoms. The number of anilines is 1. The van der Waals surface area contributed by atoms with E-state index >= 15 is 0 Å². The summed E-state index contributed by atoms with van der Waals surface area (Å²) in [5.41, 5.74) is -0.0635. The van der Waals surface area contributed by atoms with Crippen LogP contribution in [0.2, 0.25) is 0 Å². The Bertz CT molecular complexity index is 864. The van der Waals surface area contributed by atoms with Gasteiger partial charge < -0.3 is 10.2 Å². The molecule has 156 valence electrons. The molecular weight excluding hydrogens is 447 g/mol. The molecule has 3 rings (SSSR count). The molecule has 0 aliphatic carbocycles. The van der Waals surface area contributed by atoms with Crippen molar-refractivity contribution in [2.45, 2.75) is 19.6 Å². The Morgan fingerprint density at radius 1 is 1.07 bits per heavy atom. The van der Waals surface area contributed by atoms with Crippen LogP contribution in [0.25, 0.3) is 0 Å². The number of carbonyl (C=O) groups is 1. The minimum absolute atomic E-state index is 0.0168. The van der Waals surface area contributed by atoms with Gasteiger partial charge in [0.25, 0.3) is 5.91 Å². The van der Waals surface area contributed by atoms with E-state index in [1.165, 1.54) is 12.1 Å². The van der Waals surface area contributed by atoms with Crippen LogP contribution in [0.4, 0.5) is 18.9 Å². The van der Waals surface area contributed by atoms with Crippen molar-refractivity contribution in [2.75, 3.05) is 38.0 Å². The fourth-order valence-electron chi connectivity index (χ4n) is 3.39. The predicted molar refractivity (Wildman–Crippen MR) is 111 cm³/mol. The van der Waals surface area contributed by atoms with Gasteiger partial charge in [-0.25, -0.2) is 0 Å². The van der Waals surface area contributed by atoms with Gasteiger partial charge >= 0.3 is 6.18 Å². The van der Waals surface area contributed by atoms with Crippen LogP contribution in [-0.2, 0) is 12.7 Å². The lowest BCUT2D eigenvalue weighted by Gasteiger charge is -2.34. The Hall–Kier alpha value is -1.90. The third kappa shape index (κ3) is 5.81. The van der Waals surface area contributed by atoms with E-state index in [2.05, 4.69) is 33.1 Å². The van der Waals surface area contributed by atoms with Crippen LogP contribution < -0.4 is 5.32 Å². The van der Waals surface area contributed by atoms with Gasteiger partial charge in [-0.15, -0.1) is 0 Å². The first kappa shape index (κ1) is 21.8. The van der Waals surface area contributed by atoms with E-state index in [0.29, 0.717) is 5.69 Å². The first-order valence-corrected chi connectivity index (χ1v) is 10.3. The minimum atomic E-state index is -4.52. The second-order valence-corrected chi connectivity index (χ2v) is 7.96. The highest BCUT2D eigenvalue weighted by atomic mass is 79.9. The SMILES string of the molecule is CCN1CCN(Cc2ccc(C(=O)Nc3cccc(Br)c3)cc2C(F)(F)F)CC1. The fraction of sp³-hybridized carbons (Fsp3) is 0.381. The predicted octanol–water partition coefficient (Wildman–Crippen LogP) is 4.86. The maximum atomic E-state index is 13.7. The first-order valence-electron chi connectivity index (χ1n) is 9.48. The Kier molecular flexibility index (Phi) is 6.97. The number of carbonyl (C=O) groups excluding carboxylic acids is 1. The molecule has 2 aromatic rings. The summed E-state index contributed by atoms with van der Waals surface area (Å²) in [7, 11) is 0. The molecule has 29 heavy (non-hydrogen) atoms. The number of amides is 1. The van der Waals surface area contributed by atoms with Crippen LogP contribution in [-0.4, -0.2) is 48.4 Å². The van der Waals surface area contributed by atoms with Crippen LogP contribution in [0.5, 0.6) is 0 Å². The lowest BCUT2D eigenvalue weighted by molar-refractivity contribution is -0.138. The van der Waals surface area contributed by atoms with E-state index in [0.717, 1.165) is 43.3 Å². The molecule has 1 N–H and O–H groups in total. The highest BCUT2D eigenvalue weighted by Crippen LogP contribution is 2.33. The van der Waals surface area contributed by atoms with E-state index < -0.39 is 17.6 Å². The number of hydrogen-bond donors (Lipinski definition) is 1. The molecule has 0 spiro atoms. The zero-order valence-corrected chi connectivity index (χ0v) is 17.7. The monoisotopic (exact) mass is 469 g/mol. The van der Waals surface area contributed by atoms with E-state index in [4.69, 9.17) is 0 Å². The molecule has 0 atom stereocenters. The summed E-state index contributed by atoms with van der Waals surface area (Å²) in [4.78, 5) is 16.8. The van der Waals surface area contributed by atoms with E-state index in [1.807, 2.05) is 4.90 Å². The number of alkyl halides is 3. The number of piperazine rings is 1. The molecule has 1 aliphatic rings. The highest BCUT2D eigenvalue weighted by Gasteiger charge is 2.34. The zero-order valence-electron chi connectivity index (χ0n) is 16.1. The summed E-state index contributed by atoms with van der Waals surface area (Å²) in [6.45, 7) is 6.42. The lowest BCUT2D eigenvalue weighted by Crippen LogP contribution is -2.45. The number of rotatable bonds is 5. The van der Waals surface area contributed by atoms with Crippen LogP contribution in [0.1, 0.15) is 28.4 Å². The van der Waals surface area contributed by atoms with Crippen molar-refractivity contribution < 1.29 is 18.0 Å². The summed E-state index contributed by atoms with van der Waals surface area (Å²) < 4.78 is 41.8. The van der Waals surface area contributed by atoms with Gasteiger partial charge in [0, 0.05) is 48.4 Å². The van der Waals surface area contributed by atoms with Gasteiger partial charge in [0.05, 0.1) is 5.56 Å². The fourth-order valence-corrected chi connectivity index (χ4v) is 3.79. The molecule has 1 saturated heterocycles. The van der Waals surface area contributed by atoms with E-state index in [9.17, 15) is 18.0 Å². The summed E-state index contributed by atoms with van der Waals surface area (Å²) in [6, 6.07) is 10.7. The van der Waals surface area contributed by atoms with Gasteiger partial charge in [-0.05, 0) is 42.4 Å². The van der Waals surface area contributed by atoms with Crippen molar-refractivity contribution in [2.24, 2.45) is 0 Å². The summed E-state index contributed by atoms with van der Waals surface area (Å²) in [6.07, 6.45) is -4.52. The topological polar surface area (TPSA) is 35.6 Å². The molecular formula is C21H23BrF3N3O. The number of nitrogens with one attached hydrogen (secondary N) is 1. The third-order valence-corrected chi connectivity index (χ3v) is 5.56. The standard InChI is InChI=1S/C21H23BrF3N3O/c1-2-27-8-10-28(11-9-27)14-16-7-6-15(12-19(16)21(23,24)25)20(29)26-18-5-3-4-17(22)13-18/h3-7,12-13H,2,8-11,14H2,1H3,(H,26,29). The quantitative estimate of drug-likeness (QED) is 0.679. The van der Waals surface area contributed by atoms with E-state index in [1.54, 1.807) is 24.3 Å². The minimum Gasteiger partial charge on any atom is -0.322 e. The van der Waals surface area contributed by atoms with Gasteiger partial charge in [0.2, 0.25) is 0 Å². The number of likely N-dealkylation sites (N-methyl/N-ethyl adjacent to an activating group) is 1. The van der Waals surface area contributed by atoms with E-state index in [-0.39, 0.29) is 17.7 Å². The summed E-state index contributed by atoms with van der Waals surface area (Å²) in [5, 5.41) is 2.64. The molecule has 1 amide bonds. The number of benzene rings is 2. The summed E-state index contributed by atoms with van der Waals surface area (Å²) >= 11 is 3.30. The average molecular weight is 470 g/mol. The van der Waals surface area contributed by atoms with Crippen LogP contribution in [0, 0.1) is 0 Å². The normalized spacial score (nSPS) is 16.0. The molecule has 1 fully saturated rings. The second-order valence-electron chi connectivity index (χ2n) is 7.04. The molecule has 0 aromatic heterocycles. The first-order chi connectivity index (χ1) is 13.8. The van der Waals surface area contributed by atoms with Gasteiger partial charge in [-0.2, -0.15) is 13.2 Å². The Labute approximate surface area is 176 Å². The number of nitrogens with zero attached hydrogens (tertiary/aromatic N) is 2. The molecule has 4 nitrogen and oxygen atoms in total. The maximum absolute atomic E-state index is 13.7. The average Bonchev–Trinajstić information content (AvgIpc) is 2.68. The number of hydrogen-bond acceptors (Lipinski definition) is 3. The Morgan fingerprint density at radius 2 is 1.76 bits per heavy atom. The van der Waals surface area contributed by atoms with Crippen molar-refractivity contribution >= 4 is 27.5 Å². The largest absolute Gasteiger partial charge is 0.416 e. The van der Waals surface area contributed by atoms with Crippen LogP contribution in [0.15, 0.2) is 46.9 Å². The number of halogens is 4. The van der Waals surface area contributed by atoms with Crippen molar-refractivity contribution in [1.82, 2.24) is 9.80 Å². The van der Waals surface area contributed by atoms with Crippen molar-refractivity contribution in [1.29, 1.82) is 0 Å². The van der Waals surface area contributed by atoms with Gasteiger partial charge in [0.1, 0.15) is 0 Å². The lowest BCUT2D eigenvalue weighted by atomic mass is 10.0. The van der Waals surface area contributed by atoms with Crippen molar-refractivity contribution in [3.63, 3.8) is 0 Å². The zero-order chi connectivity index (χ0) is 21.0. The Morgan fingerprint density at radius 3 is 2.38 bits per heavy atom. The van der Waals surface area contributed by atoms with Crippen molar-refractivity contribution in [3.8, 4) is 0 Å². The highest BCUT2D eigenvalue weighted by molar-refractivity contribution is 9.10. The molecule has 1 heterocycles. The molecule has 0 saturated carbocycles. The third-order valence-electron chi connectivity index (χ3n) is 5.07. The second kappa shape index (κ2) is 9.28. The van der Waals surface area contributed by atoms with Gasteiger partial charge in [0.15, 0.2) is 0 Å². The van der Waals surface area contributed by atoms with Crippen LogP contribution in [0.3, 0.4) is 0 Å². The maximum Gasteiger partial charge on any atom is 0.416 e. The molecule has 0 unspecified atom stereocenters.